The lowest BCUT2D eigenvalue weighted by Crippen LogP contribution is -2.37. The molecule has 1 N–H and O–H groups in total. The van der Waals surface area contributed by atoms with Gasteiger partial charge in [-0.15, -0.1) is 0 Å². The number of carbonyl (C=O) groups excluding carboxylic acids is 1. The quantitative estimate of drug-likeness (QED) is 0.597. The van der Waals surface area contributed by atoms with Crippen LogP contribution < -0.4 is 19.1 Å². The fraction of sp³-hybridized carbons (Fsp3) is 0.381. The van der Waals surface area contributed by atoms with E-state index >= 15 is 0 Å². The molecule has 0 heterocycles. The minimum atomic E-state index is -3.32. The fourth-order valence-electron chi connectivity index (χ4n) is 2.73. The molecule has 2 aromatic carbocycles. The van der Waals surface area contributed by atoms with Crippen molar-refractivity contribution in [2.75, 3.05) is 31.3 Å². The maximum Gasteiger partial charge on any atom is 0.260 e. The number of hydrogen-bond acceptors (Lipinski definition) is 5. The molecular weight excluding hydrogens is 392 g/mol. The van der Waals surface area contributed by atoms with Crippen LogP contribution in [0.25, 0.3) is 0 Å². The standard InChI is InChI=1S/C21H28N2O5S/c1-16(28-19-13-11-18(12-14-19)23(2)29(4,25)26)21(24)22-15-7-9-17-8-5-6-10-20(17)27-3/h5-6,8,10-14,16H,7,9,15H2,1-4H3,(H,22,24)/t16-/m1/s1. The van der Waals surface area contributed by atoms with E-state index in [0.29, 0.717) is 18.0 Å². The highest BCUT2D eigenvalue weighted by atomic mass is 32.2. The van der Waals surface area contributed by atoms with Gasteiger partial charge in [0.05, 0.1) is 19.1 Å². The van der Waals surface area contributed by atoms with Crippen molar-refractivity contribution in [1.82, 2.24) is 5.32 Å². The van der Waals surface area contributed by atoms with Crippen molar-refractivity contribution in [3.05, 3.63) is 54.1 Å². The van der Waals surface area contributed by atoms with Gasteiger partial charge in [0.2, 0.25) is 10.0 Å². The second kappa shape index (κ2) is 10.2. The Morgan fingerprint density at radius 2 is 1.79 bits per heavy atom. The van der Waals surface area contributed by atoms with Crippen LogP contribution in [0.5, 0.6) is 11.5 Å². The predicted octanol–water partition coefficient (Wildman–Crippen LogP) is 2.61. The van der Waals surface area contributed by atoms with E-state index in [9.17, 15) is 13.2 Å². The second-order valence-electron chi connectivity index (χ2n) is 6.69. The van der Waals surface area contributed by atoms with E-state index in [2.05, 4.69) is 5.32 Å². The molecule has 1 amide bonds. The molecule has 158 valence electrons. The molecule has 8 heteroatoms. The van der Waals surface area contributed by atoms with Gasteiger partial charge in [0.15, 0.2) is 6.10 Å². The normalized spacial score (nSPS) is 12.1. The summed E-state index contributed by atoms with van der Waals surface area (Å²) in [5.74, 6) is 1.13. The number of carbonyl (C=O) groups is 1. The third kappa shape index (κ3) is 6.67. The van der Waals surface area contributed by atoms with Gasteiger partial charge in [0, 0.05) is 13.6 Å². The first-order chi connectivity index (χ1) is 13.7. The SMILES string of the molecule is COc1ccccc1CCCNC(=O)[C@@H](C)Oc1ccc(N(C)S(C)(=O)=O)cc1. The first-order valence-corrected chi connectivity index (χ1v) is 11.2. The van der Waals surface area contributed by atoms with E-state index < -0.39 is 16.1 Å². The van der Waals surface area contributed by atoms with Crippen molar-refractivity contribution in [2.24, 2.45) is 0 Å². The molecule has 0 saturated heterocycles. The molecule has 7 nitrogen and oxygen atoms in total. The van der Waals surface area contributed by atoms with Crippen LogP contribution in [-0.4, -0.2) is 47.4 Å². The number of nitrogens with zero attached hydrogens (tertiary/aromatic N) is 1. The molecule has 2 rings (SSSR count). The number of anilines is 1. The van der Waals surface area contributed by atoms with E-state index in [-0.39, 0.29) is 5.91 Å². The molecular formula is C21H28N2O5S. The molecule has 0 unspecified atom stereocenters. The fourth-order valence-corrected chi connectivity index (χ4v) is 3.23. The van der Waals surface area contributed by atoms with Gasteiger partial charge in [-0.05, 0) is 55.7 Å². The number of rotatable bonds is 10. The Hall–Kier alpha value is -2.74. The lowest BCUT2D eigenvalue weighted by Gasteiger charge is -2.18. The zero-order valence-electron chi connectivity index (χ0n) is 17.2. The largest absolute Gasteiger partial charge is 0.496 e. The summed E-state index contributed by atoms with van der Waals surface area (Å²) in [5.41, 5.74) is 1.63. The van der Waals surface area contributed by atoms with Crippen LogP contribution in [0.3, 0.4) is 0 Å². The number of para-hydroxylation sites is 1. The number of aryl methyl sites for hydroxylation is 1. The third-order valence-corrected chi connectivity index (χ3v) is 5.70. The first-order valence-electron chi connectivity index (χ1n) is 9.32. The number of hydrogen-bond donors (Lipinski definition) is 1. The zero-order chi connectivity index (χ0) is 21.4. The molecule has 0 aliphatic heterocycles. The van der Waals surface area contributed by atoms with E-state index in [1.807, 2.05) is 24.3 Å². The van der Waals surface area contributed by atoms with Gasteiger partial charge in [-0.1, -0.05) is 18.2 Å². The number of sulfonamides is 1. The smallest absolute Gasteiger partial charge is 0.260 e. The number of methoxy groups -OCH3 is 1. The van der Waals surface area contributed by atoms with Gasteiger partial charge < -0.3 is 14.8 Å². The minimum Gasteiger partial charge on any atom is -0.496 e. The third-order valence-electron chi connectivity index (χ3n) is 4.49. The van der Waals surface area contributed by atoms with E-state index in [4.69, 9.17) is 9.47 Å². The highest BCUT2D eigenvalue weighted by Gasteiger charge is 2.15. The summed E-state index contributed by atoms with van der Waals surface area (Å²) in [6.45, 7) is 2.20. The molecule has 2 aromatic rings. The minimum absolute atomic E-state index is 0.206. The Bertz CT molecular complexity index is 913. The number of amides is 1. The maximum absolute atomic E-state index is 12.2. The van der Waals surface area contributed by atoms with Crippen LogP contribution in [0, 0.1) is 0 Å². The summed E-state index contributed by atoms with van der Waals surface area (Å²) < 4.78 is 35.3. The monoisotopic (exact) mass is 420 g/mol. The summed E-state index contributed by atoms with van der Waals surface area (Å²) in [6.07, 6.45) is 2.05. The van der Waals surface area contributed by atoms with Gasteiger partial charge in [-0.2, -0.15) is 0 Å². The lowest BCUT2D eigenvalue weighted by atomic mass is 10.1. The molecule has 0 aromatic heterocycles. The van der Waals surface area contributed by atoms with E-state index in [1.54, 1.807) is 38.3 Å². The van der Waals surface area contributed by atoms with Gasteiger partial charge >= 0.3 is 0 Å². The van der Waals surface area contributed by atoms with Gasteiger partial charge in [0.25, 0.3) is 5.91 Å². The lowest BCUT2D eigenvalue weighted by molar-refractivity contribution is -0.127. The second-order valence-corrected chi connectivity index (χ2v) is 8.70. The van der Waals surface area contributed by atoms with E-state index in [1.165, 1.54) is 11.4 Å². The Labute approximate surface area is 172 Å². The van der Waals surface area contributed by atoms with Crippen LogP contribution in [0.1, 0.15) is 18.9 Å². The molecule has 0 saturated carbocycles. The average Bonchev–Trinajstić information content (AvgIpc) is 2.70. The van der Waals surface area contributed by atoms with Crippen molar-refractivity contribution in [3.8, 4) is 11.5 Å². The number of ether oxygens (including phenoxy) is 2. The average molecular weight is 421 g/mol. The molecule has 29 heavy (non-hydrogen) atoms. The van der Waals surface area contributed by atoms with Crippen LogP contribution in [-0.2, 0) is 21.2 Å². The molecule has 0 spiro atoms. The van der Waals surface area contributed by atoms with Crippen LogP contribution in [0.2, 0.25) is 0 Å². The predicted molar refractivity (Wildman–Crippen MR) is 114 cm³/mol. The Morgan fingerprint density at radius 1 is 1.14 bits per heavy atom. The van der Waals surface area contributed by atoms with Crippen LogP contribution in [0.15, 0.2) is 48.5 Å². The Kier molecular flexibility index (Phi) is 7.90. The topological polar surface area (TPSA) is 84.9 Å². The molecule has 0 radical (unpaired) electrons. The van der Waals surface area contributed by atoms with Crippen LogP contribution in [0.4, 0.5) is 5.69 Å². The number of nitrogens with one attached hydrogen (secondary N) is 1. The van der Waals surface area contributed by atoms with Crippen molar-refractivity contribution in [2.45, 2.75) is 25.9 Å². The highest BCUT2D eigenvalue weighted by molar-refractivity contribution is 7.92. The summed E-state index contributed by atoms with van der Waals surface area (Å²) in [4.78, 5) is 12.2. The summed E-state index contributed by atoms with van der Waals surface area (Å²) in [5, 5.41) is 2.87. The van der Waals surface area contributed by atoms with Gasteiger partial charge in [-0.25, -0.2) is 8.42 Å². The molecule has 0 bridgehead atoms. The van der Waals surface area contributed by atoms with Crippen molar-refractivity contribution in [3.63, 3.8) is 0 Å². The van der Waals surface area contributed by atoms with Crippen LogP contribution >= 0.6 is 0 Å². The van der Waals surface area contributed by atoms with Crippen molar-refractivity contribution in [1.29, 1.82) is 0 Å². The summed E-state index contributed by atoms with van der Waals surface area (Å²) in [7, 11) is -0.199. The first kappa shape index (κ1) is 22.5. The molecule has 0 fully saturated rings. The zero-order valence-corrected chi connectivity index (χ0v) is 18.0. The Morgan fingerprint density at radius 3 is 2.41 bits per heavy atom. The molecule has 1 atom stereocenters. The summed E-state index contributed by atoms with van der Waals surface area (Å²) in [6, 6.07) is 14.4. The maximum atomic E-state index is 12.2. The molecule has 0 aliphatic carbocycles. The van der Waals surface area contributed by atoms with Crippen molar-refractivity contribution >= 4 is 21.6 Å². The Balaban J connectivity index is 1.80. The van der Waals surface area contributed by atoms with Gasteiger partial charge in [-0.3, -0.25) is 9.10 Å². The van der Waals surface area contributed by atoms with Crippen molar-refractivity contribution < 1.29 is 22.7 Å². The number of benzene rings is 2. The molecule has 0 aliphatic rings. The summed E-state index contributed by atoms with van der Waals surface area (Å²) >= 11 is 0. The van der Waals surface area contributed by atoms with Gasteiger partial charge in [0.1, 0.15) is 11.5 Å². The highest BCUT2D eigenvalue weighted by Crippen LogP contribution is 2.21. The van der Waals surface area contributed by atoms with E-state index in [0.717, 1.165) is 30.4 Å².